The molecule has 0 amide bonds. The van der Waals surface area contributed by atoms with Gasteiger partial charge in [0.1, 0.15) is 42.7 Å². The first-order chi connectivity index (χ1) is 11.6. The van der Waals surface area contributed by atoms with Gasteiger partial charge in [0.15, 0.2) is 0 Å². The normalized spacial score (nSPS) is 32.9. The third-order valence-corrected chi connectivity index (χ3v) is 4.01. The van der Waals surface area contributed by atoms with E-state index in [1.165, 1.54) is 0 Å². The molecule has 0 radical (unpaired) electrons. The monoisotopic (exact) mass is 350 g/mol. The van der Waals surface area contributed by atoms with Gasteiger partial charge >= 0.3 is 0 Å². The summed E-state index contributed by atoms with van der Waals surface area (Å²) in [6.07, 6.45) is -4.51. The SMILES string of the molecule is OC(COCC1CO1)C(O)C(O)C(COCC1CO1)OCC1CO1. The Morgan fingerprint density at radius 1 is 0.750 bits per heavy atom. The van der Waals surface area contributed by atoms with Crippen molar-refractivity contribution in [3.8, 4) is 0 Å². The molecule has 0 aromatic carbocycles. The first-order valence-corrected chi connectivity index (χ1v) is 8.29. The molecule has 0 aromatic rings. The summed E-state index contributed by atoms with van der Waals surface area (Å²) in [4.78, 5) is 0. The lowest BCUT2D eigenvalue weighted by Gasteiger charge is -2.29. The summed E-state index contributed by atoms with van der Waals surface area (Å²) in [5.41, 5.74) is 0. The van der Waals surface area contributed by atoms with Crippen LogP contribution in [0, 0.1) is 0 Å². The Morgan fingerprint density at radius 3 is 1.79 bits per heavy atom. The predicted molar refractivity (Wildman–Crippen MR) is 78.6 cm³/mol. The predicted octanol–water partition coefficient (Wildman–Crippen LogP) is -2.32. The van der Waals surface area contributed by atoms with Crippen LogP contribution >= 0.6 is 0 Å². The van der Waals surface area contributed by atoms with Crippen molar-refractivity contribution in [2.45, 2.75) is 42.7 Å². The lowest BCUT2D eigenvalue weighted by atomic mass is 10.0. The summed E-state index contributed by atoms with van der Waals surface area (Å²) in [5, 5.41) is 30.4. The molecular formula is C15H26O9. The molecule has 3 aliphatic rings. The minimum Gasteiger partial charge on any atom is -0.388 e. The zero-order valence-corrected chi connectivity index (χ0v) is 13.5. The average Bonchev–Trinajstić information content (AvgIpc) is 3.41. The number of ether oxygens (including phenoxy) is 6. The zero-order chi connectivity index (χ0) is 16.9. The largest absolute Gasteiger partial charge is 0.388 e. The van der Waals surface area contributed by atoms with E-state index in [9.17, 15) is 15.3 Å². The van der Waals surface area contributed by atoms with Crippen molar-refractivity contribution in [2.75, 3.05) is 52.9 Å². The Balaban J connectivity index is 1.40. The molecule has 140 valence electrons. The molecule has 3 rings (SSSR count). The molecular weight excluding hydrogens is 324 g/mol. The molecule has 0 aliphatic carbocycles. The highest BCUT2D eigenvalue weighted by molar-refractivity contribution is 4.83. The van der Waals surface area contributed by atoms with Crippen LogP contribution < -0.4 is 0 Å². The molecule has 3 N–H and O–H groups in total. The summed E-state index contributed by atoms with van der Waals surface area (Å²) in [6, 6.07) is 0. The van der Waals surface area contributed by atoms with Crippen LogP contribution in [-0.4, -0.2) is 111 Å². The van der Waals surface area contributed by atoms with E-state index in [0.717, 1.165) is 0 Å². The van der Waals surface area contributed by atoms with E-state index in [1.54, 1.807) is 0 Å². The van der Waals surface area contributed by atoms with E-state index in [2.05, 4.69) is 0 Å². The quantitative estimate of drug-likeness (QED) is 0.296. The van der Waals surface area contributed by atoms with Gasteiger partial charge in [0, 0.05) is 0 Å². The maximum Gasteiger partial charge on any atom is 0.111 e. The average molecular weight is 350 g/mol. The lowest BCUT2D eigenvalue weighted by Crippen LogP contribution is -2.49. The fraction of sp³-hybridized carbons (Fsp3) is 1.00. The second-order valence-corrected chi connectivity index (χ2v) is 6.36. The molecule has 3 saturated heterocycles. The van der Waals surface area contributed by atoms with Crippen molar-refractivity contribution < 1.29 is 43.7 Å². The smallest absolute Gasteiger partial charge is 0.111 e. The molecule has 3 heterocycles. The molecule has 0 bridgehead atoms. The molecule has 9 heteroatoms. The highest BCUT2D eigenvalue weighted by atomic mass is 16.6. The zero-order valence-electron chi connectivity index (χ0n) is 13.5. The van der Waals surface area contributed by atoms with Crippen LogP contribution in [0.15, 0.2) is 0 Å². The van der Waals surface area contributed by atoms with E-state index in [1.807, 2.05) is 0 Å². The molecule has 9 nitrogen and oxygen atoms in total. The maximum absolute atomic E-state index is 10.3. The van der Waals surface area contributed by atoms with Crippen LogP contribution in [0.5, 0.6) is 0 Å². The first kappa shape index (κ1) is 18.4. The number of epoxide rings is 3. The maximum atomic E-state index is 10.3. The van der Waals surface area contributed by atoms with Gasteiger partial charge in [0.25, 0.3) is 0 Å². The highest BCUT2D eigenvalue weighted by Crippen LogP contribution is 2.16. The summed E-state index contributed by atoms with van der Waals surface area (Å²) < 4.78 is 31.4. The van der Waals surface area contributed by atoms with Crippen LogP contribution in [0.4, 0.5) is 0 Å². The number of aliphatic hydroxyl groups is 3. The van der Waals surface area contributed by atoms with Crippen LogP contribution in [0.3, 0.4) is 0 Å². The van der Waals surface area contributed by atoms with Crippen molar-refractivity contribution in [3.63, 3.8) is 0 Å². The molecule has 3 fully saturated rings. The van der Waals surface area contributed by atoms with Crippen molar-refractivity contribution in [1.82, 2.24) is 0 Å². The molecule has 0 spiro atoms. The van der Waals surface area contributed by atoms with Gasteiger partial charge in [-0.15, -0.1) is 0 Å². The van der Waals surface area contributed by atoms with E-state index >= 15 is 0 Å². The summed E-state index contributed by atoms with van der Waals surface area (Å²) in [5.74, 6) is 0. The molecule has 0 saturated carbocycles. The van der Waals surface area contributed by atoms with Crippen molar-refractivity contribution >= 4 is 0 Å². The molecule has 7 unspecified atom stereocenters. The fourth-order valence-electron chi connectivity index (χ4n) is 2.15. The van der Waals surface area contributed by atoms with Crippen LogP contribution in [-0.2, 0) is 28.4 Å². The van der Waals surface area contributed by atoms with Gasteiger partial charge in [0.05, 0.1) is 52.9 Å². The first-order valence-electron chi connectivity index (χ1n) is 8.29. The highest BCUT2D eigenvalue weighted by Gasteiger charge is 2.35. The molecule has 0 aromatic heterocycles. The standard InChI is InChI=1S/C15H26O9/c16-12(7-19-1-9-3-21-9)14(17)15(18)13(24-6-11-5-23-11)8-20-2-10-4-22-10/h9-18H,1-8H2. The van der Waals surface area contributed by atoms with Gasteiger partial charge in [-0.1, -0.05) is 0 Å². The Bertz CT molecular complexity index is 370. The van der Waals surface area contributed by atoms with Gasteiger partial charge < -0.3 is 43.7 Å². The lowest BCUT2D eigenvalue weighted by molar-refractivity contribution is -0.152. The minimum absolute atomic E-state index is 0.0235. The number of rotatable bonds is 14. The van der Waals surface area contributed by atoms with Gasteiger partial charge in [-0.25, -0.2) is 0 Å². The van der Waals surface area contributed by atoms with E-state index < -0.39 is 24.4 Å². The van der Waals surface area contributed by atoms with Crippen LogP contribution in [0.25, 0.3) is 0 Å². The number of hydrogen-bond donors (Lipinski definition) is 3. The third-order valence-electron chi connectivity index (χ3n) is 4.01. The van der Waals surface area contributed by atoms with Crippen molar-refractivity contribution in [3.05, 3.63) is 0 Å². The second kappa shape index (κ2) is 8.84. The van der Waals surface area contributed by atoms with E-state index in [-0.39, 0.29) is 31.5 Å². The summed E-state index contributed by atoms with van der Waals surface area (Å²) >= 11 is 0. The topological polar surface area (TPSA) is 126 Å². The second-order valence-electron chi connectivity index (χ2n) is 6.36. The van der Waals surface area contributed by atoms with Gasteiger partial charge in [0.2, 0.25) is 0 Å². The molecule has 24 heavy (non-hydrogen) atoms. The Hall–Kier alpha value is -0.360. The molecule has 7 atom stereocenters. The summed E-state index contributed by atoms with van der Waals surface area (Å²) in [7, 11) is 0. The van der Waals surface area contributed by atoms with E-state index in [4.69, 9.17) is 28.4 Å². The minimum atomic E-state index is -1.41. The number of aliphatic hydroxyl groups excluding tert-OH is 3. The fourth-order valence-corrected chi connectivity index (χ4v) is 2.15. The van der Waals surface area contributed by atoms with Gasteiger partial charge in [-0.2, -0.15) is 0 Å². The Morgan fingerprint density at radius 2 is 1.25 bits per heavy atom. The van der Waals surface area contributed by atoms with Crippen LogP contribution in [0.2, 0.25) is 0 Å². The van der Waals surface area contributed by atoms with Crippen molar-refractivity contribution in [1.29, 1.82) is 0 Å². The van der Waals surface area contributed by atoms with Gasteiger partial charge in [-0.05, 0) is 0 Å². The van der Waals surface area contributed by atoms with Crippen LogP contribution in [0.1, 0.15) is 0 Å². The Labute approximate surface area is 140 Å². The van der Waals surface area contributed by atoms with Crippen molar-refractivity contribution in [2.24, 2.45) is 0 Å². The van der Waals surface area contributed by atoms with Gasteiger partial charge in [-0.3, -0.25) is 0 Å². The molecule has 3 aliphatic heterocycles. The number of hydrogen-bond acceptors (Lipinski definition) is 9. The summed E-state index contributed by atoms with van der Waals surface area (Å²) in [6.45, 7) is 3.04. The van der Waals surface area contributed by atoms with E-state index in [0.29, 0.717) is 39.6 Å². The Kier molecular flexibility index (Phi) is 6.79. The third kappa shape index (κ3) is 6.51.